The SMILES string of the molecule is CC(C)c1noc2nc(C3CC3)cc(C(=O)NC3CCCNC3)c12.Cl. The van der Waals surface area contributed by atoms with E-state index in [1.807, 2.05) is 6.07 Å². The van der Waals surface area contributed by atoms with Crippen LogP contribution in [-0.2, 0) is 0 Å². The lowest BCUT2D eigenvalue weighted by Gasteiger charge is -2.24. The van der Waals surface area contributed by atoms with E-state index in [0.717, 1.165) is 55.5 Å². The standard InChI is InChI=1S/C18H24N4O2.ClH/c1-10(2)16-15-13(17(23)20-12-4-3-7-19-9-12)8-14(11-5-6-11)21-18(15)24-22-16;/h8,10-12,19H,3-7,9H2,1-2H3,(H,20,23);1H. The first-order valence-electron chi connectivity index (χ1n) is 8.95. The molecule has 0 spiro atoms. The number of hydrogen-bond acceptors (Lipinski definition) is 5. The monoisotopic (exact) mass is 364 g/mol. The number of fused-ring (bicyclic) bond motifs is 1. The Bertz CT molecular complexity index is 764. The van der Waals surface area contributed by atoms with Crippen molar-refractivity contribution < 1.29 is 9.32 Å². The van der Waals surface area contributed by atoms with Crippen molar-refractivity contribution in [1.29, 1.82) is 0 Å². The Labute approximate surface area is 153 Å². The second-order valence-electron chi connectivity index (χ2n) is 7.29. The molecule has 2 aromatic rings. The van der Waals surface area contributed by atoms with Gasteiger partial charge in [0.05, 0.1) is 16.6 Å². The molecule has 2 N–H and O–H groups in total. The molecule has 25 heavy (non-hydrogen) atoms. The fourth-order valence-electron chi connectivity index (χ4n) is 3.39. The molecule has 3 heterocycles. The summed E-state index contributed by atoms with van der Waals surface area (Å²) in [4.78, 5) is 17.6. The van der Waals surface area contributed by atoms with E-state index in [9.17, 15) is 4.79 Å². The number of pyridine rings is 1. The van der Waals surface area contributed by atoms with E-state index in [1.54, 1.807) is 0 Å². The fraction of sp³-hybridized carbons (Fsp3) is 0.611. The normalized spacial score (nSPS) is 20.5. The second-order valence-corrected chi connectivity index (χ2v) is 7.29. The van der Waals surface area contributed by atoms with Crippen molar-refractivity contribution in [3.8, 4) is 0 Å². The molecule has 1 saturated heterocycles. The maximum Gasteiger partial charge on any atom is 0.259 e. The van der Waals surface area contributed by atoms with Crippen LogP contribution in [0.15, 0.2) is 10.6 Å². The first kappa shape index (κ1) is 18.1. The number of rotatable bonds is 4. The van der Waals surface area contributed by atoms with Gasteiger partial charge in [-0.15, -0.1) is 12.4 Å². The highest BCUT2D eigenvalue weighted by Gasteiger charge is 2.30. The number of carbonyl (C=O) groups is 1. The van der Waals surface area contributed by atoms with Gasteiger partial charge in [-0.3, -0.25) is 4.79 Å². The van der Waals surface area contributed by atoms with Crippen LogP contribution in [0.4, 0.5) is 0 Å². The molecule has 0 aromatic carbocycles. The van der Waals surface area contributed by atoms with E-state index < -0.39 is 0 Å². The van der Waals surface area contributed by atoms with Gasteiger partial charge in [0.2, 0.25) is 0 Å². The largest absolute Gasteiger partial charge is 0.348 e. The molecule has 1 atom stereocenters. The predicted octanol–water partition coefficient (Wildman–Crippen LogP) is 3.13. The summed E-state index contributed by atoms with van der Waals surface area (Å²) in [5.41, 5.74) is 2.93. The van der Waals surface area contributed by atoms with Crippen LogP contribution < -0.4 is 10.6 Å². The van der Waals surface area contributed by atoms with Gasteiger partial charge in [-0.05, 0) is 44.2 Å². The maximum atomic E-state index is 13.0. The quantitative estimate of drug-likeness (QED) is 0.871. The fourth-order valence-corrected chi connectivity index (χ4v) is 3.39. The number of carbonyl (C=O) groups excluding carboxylic acids is 1. The first-order valence-corrected chi connectivity index (χ1v) is 8.95. The molecule has 2 aliphatic rings. The Kier molecular flexibility index (Phi) is 5.29. The summed E-state index contributed by atoms with van der Waals surface area (Å²) in [7, 11) is 0. The molecule has 0 radical (unpaired) electrons. The lowest BCUT2D eigenvalue weighted by atomic mass is 10.0. The van der Waals surface area contributed by atoms with Crippen LogP contribution >= 0.6 is 12.4 Å². The molecule has 1 amide bonds. The van der Waals surface area contributed by atoms with Crippen molar-refractivity contribution >= 4 is 29.4 Å². The van der Waals surface area contributed by atoms with E-state index in [0.29, 0.717) is 17.2 Å². The van der Waals surface area contributed by atoms with Gasteiger partial charge in [0.15, 0.2) is 0 Å². The van der Waals surface area contributed by atoms with Crippen molar-refractivity contribution in [3.63, 3.8) is 0 Å². The minimum atomic E-state index is -0.0388. The van der Waals surface area contributed by atoms with Gasteiger partial charge in [0, 0.05) is 24.2 Å². The third kappa shape index (κ3) is 3.65. The molecule has 0 bridgehead atoms. The number of halogens is 1. The molecule has 1 unspecified atom stereocenters. The van der Waals surface area contributed by atoms with E-state index in [2.05, 4.69) is 34.6 Å². The van der Waals surface area contributed by atoms with E-state index in [1.165, 1.54) is 0 Å². The van der Waals surface area contributed by atoms with Crippen LogP contribution in [-0.4, -0.2) is 35.2 Å². The van der Waals surface area contributed by atoms with Crippen molar-refractivity contribution in [3.05, 3.63) is 23.0 Å². The average molecular weight is 365 g/mol. The zero-order chi connectivity index (χ0) is 16.7. The summed E-state index contributed by atoms with van der Waals surface area (Å²) in [5, 5.41) is 11.5. The molecule has 7 heteroatoms. The number of amides is 1. The molecular weight excluding hydrogens is 340 g/mol. The van der Waals surface area contributed by atoms with Gasteiger partial charge in [0.25, 0.3) is 11.6 Å². The molecule has 2 fully saturated rings. The number of hydrogen-bond donors (Lipinski definition) is 2. The van der Waals surface area contributed by atoms with Crippen LogP contribution in [0.3, 0.4) is 0 Å². The summed E-state index contributed by atoms with van der Waals surface area (Å²) < 4.78 is 5.46. The average Bonchev–Trinajstić information content (AvgIpc) is 3.33. The number of nitrogens with zero attached hydrogens (tertiary/aromatic N) is 2. The van der Waals surface area contributed by atoms with E-state index in [4.69, 9.17) is 4.52 Å². The Morgan fingerprint density at radius 1 is 1.36 bits per heavy atom. The number of aromatic nitrogens is 2. The maximum absolute atomic E-state index is 13.0. The number of piperidine rings is 1. The van der Waals surface area contributed by atoms with Crippen molar-refractivity contribution in [2.24, 2.45) is 0 Å². The summed E-state index contributed by atoms with van der Waals surface area (Å²) in [6.45, 7) is 5.97. The molecule has 4 rings (SSSR count). The smallest absolute Gasteiger partial charge is 0.259 e. The highest BCUT2D eigenvalue weighted by molar-refractivity contribution is 6.06. The van der Waals surface area contributed by atoms with Gasteiger partial charge in [-0.1, -0.05) is 19.0 Å². The zero-order valence-electron chi connectivity index (χ0n) is 14.7. The Hall–Kier alpha value is -1.66. The minimum absolute atomic E-state index is 0. The third-order valence-electron chi connectivity index (χ3n) is 4.91. The molecule has 1 aliphatic carbocycles. The summed E-state index contributed by atoms with van der Waals surface area (Å²) in [6.07, 6.45) is 4.38. The predicted molar refractivity (Wildman–Crippen MR) is 98.5 cm³/mol. The van der Waals surface area contributed by atoms with Gasteiger partial charge >= 0.3 is 0 Å². The highest BCUT2D eigenvalue weighted by atomic mass is 35.5. The lowest BCUT2D eigenvalue weighted by molar-refractivity contribution is 0.0932. The Morgan fingerprint density at radius 2 is 2.16 bits per heavy atom. The molecular formula is C18H25ClN4O2. The lowest BCUT2D eigenvalue weighted by Crippen LogP contribution is -2.45. The summed E-state index contributed by atoms with van der Waals surface area (Å²) >= 11 is 0. The minimum Gasteiger partial charge on any atom is -0.348 e. The molecule has 1 saturated carbocycles. The van der Waals surface area contributed by atoms with E-state index in [-0.39, 0.29) is 30.3 Å². The van der Waals surface area contributed by atoms with Crippen LogP contribution in [0.2, 0.25) is 0 Å². The van der Waals surface area contributed by atoms with Crippen LogP contribution in [0.25, 0.3) is 11.1 Å². The zero-order valence-corrected chi connectivity index (χ0v) is 15.5. The second kappa shape index (κ2) is 7.30. The Morgan fingerprint density at radius 3 is 2.80 bits per heavy atom. The van der Waals surface area contributed by atoms with Crippen LogP contribution in [0.1, 0.15) is 73.1 Å². The molecule has 1 aliphatic heterocycles. The van der Waals surface area contributed by atoms with E-state index >= 15 is 0 Å². The number of nitrogens with one attached hydrogen (secondary N) is 2. The topological polar surface area (TPSA) is 80.0 Å². The highest BCUT2D eigenvalue weighted by Crippen LogP contribution is 2.41. The molecule has 136 valence electrons. The van der Waals surface area contributed by atoms with Gasteiger partial charge < -0.3 is 15.2 Å². The van der Waals surface area contributed by atoms with Gasteiger partial charge in [-0.25, -0.2) is 4.98 Å². The molecule has 2 aromatic heterocycles. The van der Waals surface area contributed by atoms with Gasteiger partial charge in [-0.2, -0.15) is 0 Å². The first-order chi connectivity index (χ1) is 11.6. The van der Waals surface area contributed by atoms with Crippen molar-refractivity contribution in [2.45, 2.75) is 57.4 Å². The van der Waals surface area contributed by atoms with Crippen LogP contribution in [0.5, 0.6) is 0 Å². The summed E-state index contributed by atoms with van der Waals surface area (Å²) in [5.74, 6) is 0.607. The summed E-state index contributed by atoms with van der Waals surface area (Å²) in [6, 6.07) is 2.13. The third-order valence-corrected chi connectivity index (χ3v) is 4.91. The van der Waals surface area contributed by atoms with Crippen molar-refractivity contribution in [1.82, 2.24) is 20.8 Å². The van der Waals surface area contributed by atoms with Gasteiger partial charge in [0.1, 0.15) is 0 Å². The Balaban J connectivity index is 0.00000182. The molecule has 6 nitrogen and oxygen atoms in total. The van der Waals surface area contributed by atoms with Crippen molar-refractivity contribution in [2.75, 3.05) is 13.1 Å². The van der Waals surface area contributed by atoms with Crippen LogP contribution in [0, 0.1) is 0 Å².